The quantitative estimate of drug-likeness (QED) is 0.334. The Bertz CT molecular complexity index is 1360. The molecule has 39 heavy (non-hydrogen) atoms. The van der Waals surface area contributed by atoms with E-state index in [0.717, 1.165) is 33.7 Å². The van der Waals surface area contributed by atoms with Crippen LogP contribution in [-0.2, 0) is 32.6 Å². The fourth-order valence-corrected chi connectivity index (χ4v) is 5.16. The first-order valence-corrected chi connectivity index (χ1v) is 15.1. The van der Waals surface area contributed by atoms with E-state index in [2.05, 4.69) is 5.32 Å². The number of carbonyl (C=O) groups is 2. The Morgan fingerprint density at radius 1 is 0.949 bits per heavy atom. The van der Waals surface area contributed by atoms with Crippen molar-refractivity contribution >= 4 is 39.1 Å². The molecule has 0 aliphatic rings. The van der Waals surface area contributed by atoms with Crippen molar-refractivity contribution in [3.8, 4) is 0 Å². The largest absolute Gasteiger partial charge is 0.352 e. The highest BCUT2D eigenvalue weighted by atomic mass is 35.5. The van der Waals surface area contributed by atoms with Gasteiger partial charge in [0, 0.05) is 24.0 Å². The second kappa shape index (κ2) is 13.6. The zero-order valence-corrected chi connectivity index (χ0v) is 24.4. The van der Waals surface area contributed by atoms with E-state index in [-0.39, 0.29) is 24.9 Å². The number of rotatable bonds is 12. The van der Waals surface area contributed by atoms with Crippen LogP contribution in [0.4, 0.5) is 5.69 Å². The summed E-state index contributed by atoms with van der Waals surface area (Å²) in [7, 11) is -3.83. The molecular formula is C30H36ClN3O4S. The van der Waals surface area contributed by atoms with Crippen molar-refractivity contribution in [3.63, 3.8) is 0 Å². The van der Waals surface area contributed by atoms with Gasteiger partial charge in [-0.1, -0.05) is 73.1 Å². The van der Waals surface area contributed by atoms with Gasteiger partial charge in [0.1, 0.15) is 12.6 Å². The molecule has 0 radical (unpaired) electrons. The van der Waals surface area contributed by atoms with Crippen molar-refractivity contribution < 1.29 is 18.0 Å². The van der Waals surface area contributed by atoms with Crippen LogP contribution in [0.15, 0.2) is 78.9 Å². The number of halogens is 1. The molecule has 3 aromatic rings. The predicted octanol–water partition coefficient (Wildman–Crippen LogP) is 4.97. The average Bonchev–Trinajstić information content (AvgIpc) is 2.90. The molecule has 0 spiro atoms. The topological polar surface area (TPSA) is 86.8 Å². The van der Waals surface area contributed by atoms with Gasteiger partial charge in [0.2, 0.25) is 21.8 Å². The van der Waals surface area contributed by atoms with Gasteiger partial charge in [-0.3, -0.25) is 13.9 Å². The molecular weight excluding hydrogens is 534 g/mol. The summed E-state index contributed by atoms with van der Waals surface area (Å²) in [6.45, 7) is 5.52. The first-order chi connectivity index (χ1) is 18.5. The SMILES string of the molecule is CC[C@H](C)NC(=O)[C@H](Cc1ccccc1)N(Cc1ccccc1C)C(=O)CN(c1ccc(Cl)cc1)S(C)(=O)=O. The number of sulfonamides is 1. The third-order valence-electron chi connectivity index (χ3n) is 6.67. The zero-order chi connectivity index (χ0) is 28.6. The number of carbonyl (C=O) groups excluding carboxylic acids is 2. The van der Waals surface area contributed by atoms with Crippen LogP contribution in [-0.4, -0.2) is 50.0 Å². The molecule has 0 aromatic heterocycles. The zero-order valence-electron chi connectivity index (χ0n) is 22.8. The fraction of sp³-hybridized carbons (Fsp3) is 0.333. The van der Waals surface area contributed by atoms with E-state index in [1.54, 1.807) is 24.3 Å². The standard InChI is InChI=1S/C30H36ClN3O4S/c1-5-23(3)32-30(36)28(19-24-12-7-6-8-13-24)33(20-25-14-10-9-11-22(25)2)29(35)21-34(39(4,37)38)27-17-15-26(31)16-18-27/h6-18,23,28H,5,19-21H2,1-4H3,(H,32,36)/t23-,28-/m0/s1. The minimum absolute atomic E-state index is 0.0900. The number of nitrogens with one attached hydrogen (secondary N) is 1. The molecule has 0 unspecified atom stereocenters. The lowest BCUT2D eigenvalue weighted by Crippen LogP contribution is -2.54. The lowest BCUT2D eigenvalue weighted by Gasteiger charge is -2.34. The molecule has 3 rings (SSSR count). The summed E-state index contributed by atoms with van der Waals surface area (Å²) in [6.07, 6.45) is 2.06. The number of aryl methyl sites for hydroxylation is 1. The van der Waals surface area contributed by atoms with Crippen molar-refractivity contribution in [1.29, 1.82) is 0 Å². The maximum Gasteiger partial charge on any atom is 0.244 e. The summed E-state index contributed by atoms with van der Waals surface area (Å²) < 4.78 is 26.7. The first kappa shape index (κ1) is 30.2. The fourth-order valence-electron chi connectivity index (χ4n) is 4.19. The summed E-state index contributed by atoms with van der Waals surface area (Å²) >= 11 is 6.01. The Labute approximate surface area is 236 Å². The van der Waals surface area contributed by atoms with Crippen molar-refractivity contribution in [2.45, 2.75) is 52.2 Å². The van der Waals surface area contributed by atoms with Gasteiger partial charge < -0.3 is 10.2 Å². The monoisotopic (exact) mass is 569 g/mol. The normalized spacial score (nSPS) is 12.8. The van der Waals surface area contributed by atoms with E-state index in [9.17, 15) is 18.0 Å². The van der Waals surface area contributed by atoms with Gasteiger partial charge >= 0.3 is 0 Å². The van der Waals surface area contributed by atoms with Gasteiger partial charge in [-0.2, -0.15) is 0 Å². The molecule has 208 valence electrons. The molecule has 3 aromatic carbocycles. The Morgan fingerprint density at radius 3 is 2.15 bits per heavy atom. The second-order valence-corrected chi connectivity index (χ2v) is 12.1. The third-order valence-corrected chi connectivity index (χ3v) is 8.06. The minimum atomic E-state index is -3.83. The second-order valence-electron chi connectivity index (χ2n) is 9.72. The van der Waals surface area contributed by atoms with E-state index in [1.807, 2.05) is 75.4 Å². The predicted molar refractivity (Wildman–Crippen MR) is 157 cm³/mol. The van der Waals surface area contributed by atoms with Crippen LogP contribution in [0.1, 0.15) is 37.0 Å². The number of benzene rings is 3. The minimum Gasteiger partial charge on any atom is -0.352 e. The van der Waals surface area contributed by atoms with Crippen LogP contribution in [0.3, 0.4) is 0 Å². The highest BCUT2D eigenvalue weighted by molar-refractivity contribution is 7.92. The number of hydrogen-bond acceptors (Lipinski definition) is 4. The Kier molecular flexibility index (Phi) is 10.5. The summed E-state index contributed by atoms with van der Waals surface area (Å²) in [4.78, 5) is 29.2. The molecule has 7 nitrogen and oxygen atoms in total. The average molecular weight is 570 g/mol. The number of hydrogen-bond donors (Lipinski definition) is 1. The molecule has 0 aliphatic carbocycles. The number of anilines is 1. The van der Waals surface area contributed by atoms with Gasteiger partial charge in [0.15, 0.2) is 0 Å². The summed E-state index contributed by atoms with van der Waals surface area (Å²) in [5.41, 5.74) is 3.04. The Balaban J connectivity index is 2.06. The van der Waals surface area contributed by atoms with E-state index < -0.39 is 28.5 Å². The van der Waals surface area contributed by atoms with Crippen molar-refractivity contribution in [3.05, 3.63) is 101 Å². The van der Waals surface area contributed by atoms with Crippen LogP contribution in [0.2, 0.25) is 5.02 Å². The van der Waals surface area contributed by atoms with Crippen molar-refractivity contribution in [2.75, 3.05) is 17.1 Å². The lowest BCUT2D eigenvalue weighted by atomic mass is 10.0. The molecule has 0 bridgehead atoms. The smallest absolute Gasteiger partial charge is 0.244 e. The molecule has 2 atom stereocenters. The number of amides is 2. The molecule has 0 heterocycles. The van der Waals surface area contributed by atoms with Crippen LogP contribution < -0.4 is 9.62 Å². The van der Waals surface area contributed by atoms with Gasteiger partial charge in [0.05, 0.1) is 11.9 Å². The maximum absolute atomic E-state index is 14.1. The van der Waals surface area contributed by atoms with Gasteiger partial charge in [0.25, 0.3) is 0 Å². The Morgan fingerprint density at radius 2 is 1.56 bits per heavy atom. The highest BCUT2D eigenvalue weighted by Crippen LogP contribution is 2.23. The maximum atomic E-state index is 14.1. The first-order valence-electron chi connectivity index (χ1n) is 12.9. The van der Waals surface area contributed by atoms with Crippen LogP contribution >= 0.6 is 11.6 Å². The van der Waals surface area contributed by atoms with Crippen LogP contribution in [0.5, 0.6) is 0 Å². The molecule has 9 heteroatoms. The molecule has 1 N–H and O–H groups in total. The van der Waals surface area contributed by atoms with Crippen LogP contribution in [0.25, 0.3) is 0 Å². The van der Waals surface area contributed by atoms with Gasteiger partial charge in [-0.05, 0) is 61.2 Å². The molecule has 0 aliphatic heterocycles. The van der Waals surface area contributed by atoms with E-state index in [0.29, 0.717) is 10.7 Å². The van der Waals surface area contributed by atoms with Crippen LogP contribution in [0, 0.1) is 6.92 Å². The van der Waals surface area contributed by atoms with Crippen molar-refractivity contribution in [2.24, 2.45) is 0 Å². The Hall–Kier alpha value is -3.36. The highest BCUT2D eigenvalue weighted by Gasteiger charge is 2.33. The molecule has 2 amide bonds. The van der Waals surface area contributed by atoms with Crippen molar-refractivity contribution in [1.82, 2.24) is 10.2 Å². The molecule has 0 saturated carbocycles. The summed E-state index contributed by atoms with van der Waals surface area (Å²) in [5, 5.41) is 3.48. The van der Waals surface area contributed by atoms with E-state index >= 15 is 0 Å². The summed E-state index contributed by atoms with van der Waals surface area (Å²) in [5.74, 6) is -0.772. The molecule has 0 fully saturated rings. The molecule has 0 saturated heterocycles. The lowest BCUT2D eigenvalue weighted by molar-refractivity contribution is -0.140. The van der Waals surface area contributed by atoms with Gasteiger partial charge in [-0.25, -0.2) is 8.42 Å². The van der Waals surface area contributed by atoms with Gasteiger partial charge in [-0.15, -0.1) is 0 Å². The third kappa shape index (κ3) is 8.57. The number of nitrogens with zero attached hydrogens (tertiary/aromatic N) is 2. The van der Waals surface area contributed by atoms with E-state index in [1.165, 1.54) is 4.90 Å². The summed E-state index contributed by atoms with van der Waals surface area (Å²) in [6, 6.07) is 22.4. The van der Waals surface area contributed by atoms with E-state index in [4.69, 9.17) is 11.6 Å².